The highest BCUT2D eigenvalue weighted by atomic mass is 16.5. The summed E-state index contributed by atoms with van der Waals surface area (Å²) in [6, 6.07) is 6.23. The van der Waals surface area contributed by atoms with Crippen LogP contribution in [0.3, 0.4) is 0 Å². The first kappa shape index (κ1) is 20.7. The van der Waals surface area contributed by atoms with Crippen molar-refractivity contribution >= 4 is 12.0 Å². The zero-order chi connectivity index (χ0) is 19.9. The molecule has 2 aliphatic rings. The first-order valence-electron chi connectivity index (χ1n) is 10.1. The fraction of sp³-hybridized carbons (Fsp3) is 0.591. The van der Waals surface area contributed by atoms with Gasteiger partial charge in [-0.3, -0.25) is 4.79 Å². The Balaban J connectivity index is 1.49. The van der Waals surface area contributed by atoms with Crippen LogP contribution in [0.4, 0.5) is 0 Å². The molecule has 0 aromatic heterocycles. The van der Waals surface area contributed by atoms with E-state index in [1.807, 2.05) is 29.2 Å². The van der Waals surface area contributed by atoms with E-state index in [1.54, 1.807) is 27.4 Å². The molecular formula is C22H32N2O4. The van der Waals surface area contributed by atoms with Gasteiger partial charge in [0.2, 0.25) is 5.91 Å². The van der Waals surface area contributed by atoms with E-state index in [9.17, 15) is 4.79 Å². The van der Waals surface area contributed by atoms with Crippen molar-refractivity contribution in [1.29, 1.82) is 0 Å². The van der Waals surface area contributed by atoms with Crippen LogP contribution in [0.2, 0.25) is 0 Å². The molecule has 154 valence electrons. The summed E-state index contributed by atoms with van der Waals surface area (Å²) in [6.07, 6.45) is 8.24. The predicted octanol–water partition coefficient (Wildman–Crippen LogP) is 2.82. The van der Waals surface area contributed by atoms with E-state index in [2.05, 4.69) is 4.90 Å². The Labute approximate surface area is 168 Å². The Bertz CT molecular complexity index is 675. The van der Waals surface area contributed by atoms with E-state index in [4.69, 9.17) is 14.2 Å². The summed E-state index contributed by atoms with van der Waals surface area (Å²) in [7, 11) is 5.03. The molecule has 2 aliphatic heterocycles. The number of likely N-dealkylation sites (tertiary alicyclic amines) is 2. The maximum absolute atomic E-state index is 12.6. The zero-order valence-corrected chi connectivity index (χ0v) is 17.2. The number of hydrogen-bond donors (Lipinski definition) is 0. The Kier molecular flexibility index (Phi) is 7.34. The largest absolute Gasteiger partial charge is 0.493 e. The van der Waals surface area contributed by atoms with E-state index < -0.39 is 0 Å². The molecule has 0 radical (unpaired) electrons. The molecule has 28 heavy (non-hydrogen) atoms. The molecule has 0 atom stereocenters. The summed E-state index contributed by atoms with van der Waals surface area (Å²) in [6.45, 7) is 3.86. The van der Waals surface area contributed by atoms with Crippen molar-refractivity contribution in [1.82, 2.24) is 9.80 Å². The lowest BCUT2D eigenvalue weighted by Gasteiger charge is -2.41. The molecule has 1 aromatic rings. The van der Waals surface area contributed by atoms with Crippen LogP contribution in [0.15, 0.2) is 24.3 Å². The Morgan fingerprint density at radius 3 is 2.25 bits per heavy atom. The van der Waals surface area contributed by atoms with Crippen molar-refractivity contribution in [2.24, 2.45) is 0 Å². The first-order valence-corrected chi connectivity index (χ1v) is 10.1. The Morgan fingerprint density at radius 2 is 1.64 bits per heavy atom. The van der Waals surface area contributed by atoms with E-state index >= 15 is 0 Å². The second-order valence-corrected chi connectivity index (χ2v) is 7.48. The number of piperidine rings is 2. The molecule has 2 heterocycles. The lowest BCUT2D eigenvalue weighted by molar-refractivity contribution is -0.127. The summed E-state index contributed by atoms with van der Waals surface area (Å²) >= 11 is 0. The molecule has 0 saturated carbocycles. The standard InChI is InChI=1S/C22H32N2O4/c1-26-19-10-14-23(15-11-19)18-8-12-24(13-9-18)22(25)7-5-17-4-6-20(27-2)21(16-17)28-3/h4-7,16,18-19H,8-15H2,1-3H3/b7-5+. The van der Waals surface area contributed by atoms with E-state index in [0.717, 1.165) is 57.4 Å². The number of hydrogen-bond acceptors (Lipinski definition) is 5. The number of methoxy groups -OCH3 is 3. The van der Waals surface area contributed by atoms with Gasteiger partial charge in [0.05, 0.1) is 20.3 Å². The van der Waals surface area contributed by atoms with Crippen LogP contribution in [0, 0.1) is 0 Å². The predicted molar refractivity (Wildman–Crippen MR) is 110 cm³/mol. The van der Waals surface area contributed by atoms with Crippen molar-refractivity contribution in [2.45, 2.75) is 37.8 Å². The Hall–Kier alpha value is -2.05. The number of rotatable bonds is 6. The van der Waals surface area contributed by atoms with Crippen molar-refractivity contribution in [3.05, 3.63) is 29.8 Å². The average Bonchev–Trinajstić information content (AvgIpc) is 2.77. The summed E-state index contributed by atoms with van der Waals surface area (Å²) in [5, 5.41) is 0. The SMILES string of the molecule is COc1ccc(/C=C/C(=O)N2CCC(N3CCC(OC)CC3)CC2)cc1OC. The smallest absolute Gasteiger partial charge is 0.246 e. The van der Waals surface area contributed by atoms with Crippen molar-refractivity contribution in [3.63, 3.8) is 0 Å². The molecule has 1 aromatic carbocycles. The minimum Gasteiger partial charge on any atom is -0.493 e. The Morgan fingerprint density at radius 1 is 0.964 bits per heavy atom. The summed E-state index contributed by atoms with van der Waals surface area (Å²) in [5.41, 5.74) is 0.918. The van der Waals surface area contributed by atoms with Crippen LogP contribution >= 0.6 is 0 Å². The number of ether oxygens (including phenoxy) is 3. The molecule has 2 fully saturated rings. The summed E-state index contributed by atoms with van der Waals surface area (Å²) < 4.78 is 16.0. The maximum atomic E-state index is 12.6. The summed E-state index contributed by atoms with van der Waals surface area (Å²) in [4.78, 5) is 17.1. The molecule has 0 aliphatic carbocycles. The van der Waals surface area contributed by atoms with Gasteiger partial charge in [-0.25, -0.2) is 0 Å². The van der Waals surface area contributed by atoms with Gasteiger partial charge in [0.25, 0.3) is 0 Å². The highest BCUT2D eigenvalue weighted by Crippen LogP contribution is 2.28. The topological polar surface area (TPSA) is 51.2 Å². The molecule has 0 unspecified atom stereocenters. The fourth-order valence-electron chi connectivity index (χ4n) is 4.16. The monoisotopic (exact) mass is 388 g/mol. The van der Waals surface area contributed by atoms with Gasteiger partial charge in [-0.2, -0.15) is 0 Å². The third-order valence-electron chi connectivity index (χ3n) is 5.93. The molecule has 0 N–H and O–H groups in total. The van der Waals surface area contributed by atoms with Crippen molar-refractivity contribution in [3.8, 4) is 11.5 Å². The number of nitrogens with zero attached hydrogens (tertiary/aromatic N) is 2. The number of carbonyl (C=O) groups excluding carboxylic acids is 1. The van der Waals surface area contributed by atoms with Crippen molar-refractivity contribution in [2.75, 3.05) is 47.5 Å². The van der Waals surface area contributed by atoms with E-state index in [0.29, 0.717) is 23.6 Å². The van der Waals surface area contributed by atoms with Crippen LogP contribution in [0.5, 0.6) is 11.5 Å². The normalized spacial score (nSPS) is 19.9. The fourth-order valence-corrected chi connectivity index (χ4v) is 4.16. The molecule has 2 saturated heterocycles. The quantitative estimate of drug-likeness (QED) is 0.702. The minimum absolute atomic E-state index is 0.0753. The van der Waals surface area contributed by atoms with Crippen molar-refractivity contribution < 1.29 is 19.0 Å². The van der Waals surface area contributed by atoms with Gasteiger partial charge >= 0.3 is 0 Å². The van der Waals surface area contributed by atoms with Gasteiger partial charge in [0.1, 0.15) is 0 Å². The molecule has 3 rings (SSSR count). The third-order valence-corrected chi connectivity index (χ3v) is 5.93. The number of amides is 1. The molecule has 0 spiro atoms. The lowest BCUT2D eigenvalue weighted by atomic mass is 9.99. The highest BCUT2D eigenvalue weighted by molar-refractivity contribution is 5.92. The molecular weight excluding hydrogens is 356 g/mol. The molecule has 6 heteroatoms. The van der Waals surface area contributed by atoms with Crippen LogP contribution in [0.25, 0.3) is 6.08 Å². The van der Waals surface area contributed by atoms with E-state index in [-0.39, 0.29) is 5.91 Å². The van der Waals surface area contributed by atoms with Gasteiger partial charge in [0.15, 0.2) is 11.5 Å². The second kappa shape index (κ2) is 9.94. The molecule has 0 bridgehead atoms. The average molecular weight is 389 g/mol. The summed E-state index contributed by atoms with van der Waals surface area (Å²) in [5.74, 6) is 1.42. The maximum Gasteiger partial charge on any atom is 0.246 e. The third kappa shape index (κ3) is 5.06. The van der Waals surface area contributed by atoms with Gasteiger partial charge < -0.3 is 24.0 Å². The molecule has 1 amide bonds. The highest BCUT2D eigenvalue weighted by Gasteiger charge is 2.29. The lowest BCUT2D eigenvalue weighted by Crippen LogP contribution is -2.49. The van der Waals surface area contributed by atoms with Crippen LogP contribution in [0.1, 0.15) is 31.2 Å². The van der Waals surface area contributed by atoms with Crippen LogP contribution in [-0.4, -0.2) is 75.4 Å². The minimum atomic E-state index is 0.0753. The van der Waals surface area contributed by atoms with E-state index in [1.165, 1.54) is 0 Å². The van der Waals surface area contributed by atoms with Gasteiger partial charge in [-0.15, -0.1) is 0 Å². The zero-order valence-electron chi connectivity index (χ0n) is 17.2. The molecule has 6 nitrogen and oxygen atoms in total. The first-order chi connectivity index (χ1) is 13.6. The van der Waals surface area contributed by atoms with Crippen LogP contribution < -0.4 is 9.47 Å². The number of carbonyl (C=O) groups is 1. The second-order valence-electron chi connectivity index (χ2n) is 7.48. The van der Waals surface area contributed by atoms with Gasteiger partial charge in [-0.1, -0.05) is 6.07 Å². The van der Waals surface area contributed by atoms with Gasteiger partial charge in [-0.05, 0) is 49.5 Å². The van der Waals surface area contributed by atoms with Crippen LogP contribution in [-0.2, 0) is 9.53 Å². The van der Waals surface area contributed by atoms with Gasteiger partial charge in [0, 0.05) is 45.4 Å². The number of benzene rings is 1.